The monoisotopic (exact) mass is 543 g/mol. The molecule has 4 aliphatic rings. The summed E-state index contributed by atoms with van der Waals surface area (Å²) < 4.78 is 27.4. The molecule has 3 atom stereocenters. The Hall–Kier alpha value is -3.97. The van der Waals surface area contributed by atoms with Crippen LogP contribution in [-0.4, -0.2) is 75.9 Å². The molecule has 1 aromatic carbocycles. The van der Waals surface area contributed by atoms with Crippen LogP contribution in [0.3, 0.4) is 0 Å². The molecule has 8 nitrogen and oxygen atoms in total. The smallest absolute Gasteiger partial charge is 0.255 e. The van der Waals surface area contributed by atoms with Crippen molar-refractivity contribution in [1.82, 2.24) is 20.1 Å². The predicted octanol–water partition coefficient (Wildman–Crippen LogP) is 3.77. The fraction of sp³-hybridized carbons (Fsp3) is 0.433. The van der Waals surface area contributed by atoms with Crippen molar-refractivity contribution in [3.63, 3.8) is 0 Å². The highest BCUT2D eigenvalue weighted by molar-refractivity contribution is 5.74. The van der Waals surface area contributed by atoms with Crippen molar-refractivity contribution in [2.45, 2.75) is 43.7 Å². The Morgan fingerprint density at radius 1 is 1.07 bits per heavy atom. The highest BCUT2D eigenvalue weighted by Crippen LogP contribution is 2.64. The lowest BCUT2D eigenvalue weighted by Crippen LogP contribution is -2.54. The van der Waals surface area contributed by atoms with Crippen molar-refractivity contribution in [2.75, 3.05) is 48.3 Å². The van der Waals surface area contributed by atoms with Gasteiger partial charge in [-0.2, -0.15) is 0 Å². The number of nitrogens with two attached hydrogens (primary N) is 1. The first-order chi connectivity index (χ1) is 19.3. The van der Waals surface area contributed by atoms with Gasteiger partial charge in [-0.05, 0) is 62.1 Å². The Bertz CT molecular complexity index is 1510. The van der Waals surface area contributed by atoms with E-state index < -0.39 is 11.3 Å². The van der Waals surface area contributed by atoms with Gasteiger partial charge in [-0.25, -0.2) is 13.8 Å². The van der Waals surface area contributed by atoms with Crippen molar-refractivity contribution < 1.29 is 13.9 Å². The second kappa shape index (κ2) is 9.30. The molecule has 1 saturated carbocycles. The Balaban J connectivity index is 1.05. The average molecular weight is 544 g/mol. The quantitative estimate of drug-likeness (QED) is 0.481. The molecular weight excluding hydrogens is 512 g/mol. The summed E-state index contributed by atoms with van der Waals surface area (Å²) in [6.07, 6.45) is 4.50. The summed E-state index contributed by atoms with van der Waals surface area (Å²) >= 11 is 0. The number of aromatic nitrogens is 3. The van der Waals surface area contributed by atoms with Crippen molar-refractivity contribution in [3.8, 4) is 28.8 Å². The molecule has 4 fully saturated rings. The molecule has 3 saturated heterocycles. The average Bonchev–Trinajstić information content (AvgIpc) is 3.16. The minimum Gasteiger partial charge on any atom is -0.507 e. The van der Waals surface area contributed by atoms with Crippen LogP contribution in [0.15, 0.2) is 48.7 Å². The lowest BCUT2D eigenvalue weighted by Gasteiger charge is -2.43. The van der Waals surface area contributed by atoms with Gasteiger partial charge in [0.2, 0.25) is 0 Å². The zero-order chi connectivity index (χ0) is 27.5. The van der Waals surface area contributed by atoms with Crippen LogP contribution in [0, 0.1) is 17.3 Å². The maximum absolute atomic E-state index is 13.7. The first-order valence-electron chi connectivity index (χ1n) is 13.8. The van der Waals surface area contributed by atoms with Crippen LogP contribution in [0.5, 0.6) is 5.75 Å². The number of halogens is 2. The van der Waals surface area contributed by atoms with Crippen LogP contribution in [-0.2, 0) is 0 Å². The molecule has 2 aromatic heterocycles. The van der Waals surface area contributed by atoms with Gasteiger partial charge in [-0.1, -0.05) is 18.1 Å². The van der Waals surface area contributed by atoms with Gasteiger partial charge in [-0.3, -0.25) is 4.90 Å². The number of hydrogen-bond acceptors (Lipinski definition) is 8. The summed E-state index contributed by atoms with van der Waals surface area (Å²) in [6, 6.07) is 13.7. The van der Waals surface area contributed by atoms with Gasteiger partial charge >= 0.3 is 0 Å². The molecule has 1 spiro atoms. The molecule has 3 aliphatic heterocycles. The third-order valence-corrected chi connectivity index (χ3v) is 9.01. The number of benzene rings is 1. The lowest BCUT2D eigenvalue weighted by molar-refractivity contribution is 0.0668. The highest BCUT2D eigenvalue weighted by Gasteiger charge is 2.72. The predicted molar refractivity (Wildman–Crippen MR) is 149 cm³/mol. The summed E-state index contributed by atoms with van der Waals surface area (Å²) in [5.41, 5.74) is 9.32. The molecule has 206 valence electrons. The number of likely N-dealkylation sites (tertiary alicyclic amines) is 1. The topological polar surface area (TPSA) is 94.6 Å². The first-order valence-corrected chi connectivity index (χ1v) is 13.8. The number of hydrogen-bond donors (Lipinski definition) is 2. The fourth-order valence-electron chi connectivity index (χ4n) is 6.79. The minimum atomic E-state index is -2.50. The number of phenols is 1. The summed E-state index contributed by atoms with van der Waals surface area (Å²) in [7, 11) is 0. The van der Waals surface area contributed by atoms with Crippen LogP contribution >= 0.6 is 0 Å². The molecule has 0 amide bonds. The van der Waals surface area contributed by atoms with Crippen molar-refractivity contribution >= 4 is 17.2 Å². The normalized spacial score (nSPS) is 26.6. The first kappa shape index (κ1) is 25.0. The van der Waals surface area contributed by atoms with Gasteiger partial charge < -0.3 is 20.6 Å². The van der Waals surface area contributed by atoms with E-state index in [0.717, 1.165) is 37.3 Å². The van der Waals surface area contributed by atoms with E-state index in [-0.39, 0.29) is 12.2 Å². The van der Waals surface area contributed by atoms with E-state index in [2.05, 4.69) is 36.8 Å². The maximum atomic E-state index is 13.7. The fourth-order valence-corrected chi connectivity index (χ4v) is 6.79. The summed E-state index contributed by atoms with van der Waals surface area (Å²) in [5, 5.41) is 18.7. The Morgan fingerprint density at radius 2 is 1.85 bits per heavy atom. The van der Waals surface area contributed by atoms with Gasteiger partial charge in [0, 0.05) is 55.6 Å². The summed E-state index contributed by atoms with van der Waals surface area (Å²) in [4.78, 5) is 11.2. The Morgan fingerprint density at radius 3 is 2.58 bits per heavy atom. The highest BCUT2D eigenvalue weighted by atomic mass is 19.3. The molecule has 2 bridgehead atoms. The molecule has 10 heteroatoms. The maximum Gasteiger partial charge on any atom is 0.255 e. The van der Waals surface area contributed by atoms with E-state index in [1.165, 1.54) is 0 Å². The van der Waals surface area contributed by atoms with Gasteiger partial charge in [0.1, 0.15) is 11.4 Å². The third kappa shape index (κ3) is 4.29. The zero-order valence-electron chi connectivity index (χ0n) is 22.1. The number of piperazine rings is 1. The summed E-state index contributed by atoms with van der Waals surface area (Å²) in [6.45, 7) is 3.17. The second-order valence-electron chi connectivity index (χ2n) is 11.5. The zero-order valence-corrected chi connectivity index (χ0v) is 22.1. The molecule has 7 rings (SSSR count). The van der Waals surface area contributed by atoms with E-state index in [1.54, 1.807) is 18.3 Å². The van der Waals surface area contributed by atoms with E-state index >= 15 is 0 Å². The molecule has 5 heterocycles. The van der Waals surface area contributed by atoms with Gasteiger partial charge in [0.05, 0.1) is 23.3 Å². The van der Waals surface area contributed by atoms with Crippen molar-refractivity contribution in [1.29, 1.82) is 0 Å². The summed E-state index contributed by atoms with van der Waals surface area (Å²) in [5.74, 6) is 4.35. The van der Waals surface area contributed by atoms with E-state index in [4.69, 9.17) is 5.73 Å². The van der Waals surface area contributed by atoms with Crippen LogP contribution < -0.4 is 15.5 Å². The van der Waals surface area contributed by atoms with E-state index in [0.29, 0.717) is 60.9 Å². The Kier molecular flexibility index (Phi) is 5.82. The molecule has 3 aromatic rings. The van der Waals surface area contributed by atoms with Gasteiger partial charge in [-0.15, -0.1) is 10.2 Å². The van der Waals surface area contributed by atoms with E-state index in [1.807, 2.05) is 35.2 Å². The number of alkyl halides is 2. The van der Waals surface area contributed by atoms with E-state index in [9.17, 15) is 13.9 Å². The number of phenolic OH excluding ortho intramolecular Hbond substituents is 1. The lowest BCUT2D eigenvalue weighted by atomic mass is 10.1. The molecule has 3 N–H and O–H groups in total. The molecule has 0 radical (unpaired) electrons. The minimum absolute atomic E-state index is 0.0190. The molecular formula is C30H31F2N7O. The number of aromatic hydroxyl groups is 1. The number of para-hydroxylation sites is 1. The number of nitrogens with zero attached hydrogens (tertiary/aromatic N) is 6. The van der Waals surface area contributed by atoms with Crippen LogP contribution in [0.25, 0.3) is 11.3 Å². The SMILES string of the molecule is Nc1nnc(-c2ccccc2O)cc1N1CC2CCC(C1)N2c1ccnc(C#CCN2CCC3(C2)CC3(F)F)c1. The second-order valence-corrected chi connectivity index (χ2v) is 11.5. The number of anilines is 3. The van der Waals surface area contributed by atoms with Crippen LogP contribution in [0.4, 0.5) is 26.0 Å². The number of nitrogen functional groups attached to an aromatic ring is 1. The third-order valence-electron chi connectivity index (χ3n) is 9.01. The number of pyridine rings is 1. The van der Waals surface area contributed by atoms with Crippen LogP contribution in [0.2, 0.25) is 0 Å². The Labute approximate surface area is 231 Å². The van der Waals surface area contributed by atoms with Crippen molar-refractivity contribution in [3.05, 3.63) is 54.4 Å². The molecule has 40 heavy (non-hydrogen) atoms. The standard InChI is InChI=1S/C30H31F2N7O/c31-30(32)18-29(30)10-13-37(19-29)12-3-4-20-14-21(9-11-34-20)39-22-7-8-23(39)17-38(16-22)26-15-25(35-36-28(26)33)24-5-1-2-6-27(24)40/h1-2,5-6,9,11,14-15,22-23,40H,7-8,10,12-13,16-19H2,(H2,33,36). The largest absolute Gasteiger partial charge is 0.507 e. The molecule has 1 aliphatic carbocycles. The number of rotatable bonds is 4. The van der Waals surface area contributed by atoms with Crippen LogP contribution in [0.1, 0.15) is 31.4 Å². The van der Waals surface area contributed by atoms with Gasteiger partial charge in [0.25, 0.3) is 5.92 Å². The van der Waals surface area contributed by atoms with Crippen molar-refractivity contribution in [2.24, 2.45) is 5.41 Å². The molecule has 3 unspecified atom stereocenters. The number of fused-ring (bicyclic) bond motifs is 2. The van der Waals surface area contributed by atoms with Gasteiger partial charge in [0.15, 0.2) is 5.82 Å².